The zero-order valence-electron chi connectivity index (χ0n) is 24.6. The van der Waals surface area contributed by atoms with Gasteiger partial charge in [0.2, 0.25) is 11.6 Å². The molecule has 7 atom stereocenters. The predicted molar refractivity (Wildman–Crippen MR) is 146 cm³/mol. The fraction of sp³-hybridized carbons (Fsp3) is 0.906. The van der Waals surface area contributed by atoms with E-state index in [2.05, 4.69) is 0 Å². The number of fused-ring (bicyclic) bond motifs is 2. The Balaban J connectivity index is 0.000000142. The number of hydrogen-bond donors (Lipinski definition) is 1. The highest BCUT2D eigenvalue weighted by molar-refractivity contribution is 5.75. The fourth-order valence-electron chi connectivity index (χ4n) is 8.29. The van der Waals surface area contributed by atoms with Gasteiger partial charge in [0, 0.05) is 38.5 Å². The van der Waals surface area contributed by atoms with Gasteiger partial charge < -0.3 is 33.5 Å². The van der Waals surface area contributed by atoms with Gasteiger partial charge in [-0.15, -0.1) is 0 Å². The standard InChI is InChI=1S/C18H26O6.C14H20O4/c19-17(21-11-5-7-13-15(9-11)23-13)3-1-2-4-18(20)22-12-6-8-14-16(10-12)24-14;15-11(16)12(8-10-4-2-1-3-5-10)6-7-13-14(9-12,17-13)18-13/h11-16H,1-10H2;10H,1-9H2,(H,15,16). The molecule has 0 bridgehead atoms. The summed E-state index contributed by atoms with van der Waals surface area (Å²) in [7, 11) is 0. The van der Waals surface area contributed by atoms with E-state index >= 15 is 0 Å². The number of carbonyl (C=O) groups excluding carboxylic acids is 2. The third-order valence-corrected chi connectivity index (χ3v) is 11.0. The number of esters is 2. The minimum Gasteiger partial charge on any atom is -0.481 e. The van der Waals surface area contributed by atoms with E-state index in [1.54, 1.807) is 0 Å². The summed E-state index contributed by atoms with van der Waals surface area (Å²) in [5.74, 6) is -1.16. The van der Waals surface area contributed by atoms with Gasteiger partial charge in [-0.3, -0.25) is 14.4 Å². The van der Waals surface area contributed by atoms with Crippen LogP contribution < -0.4 is 0 Å². The molecule has 10 nitrogen and oxygen atoms in total. The SMILES string of the molecule is O=C(CCCCC(=O)OC1CCC2OC2C1)OC1CCC2OC2C1.O=C(O)C1(CC2CCCCC2)CCC23OC2(C1)O3. The lowest BCUT2D eigenvalue weighted by Gasteiger charge is -2.34. The summed E-state index contributed by atoms with van der Waals surface area (Å²) in [5.41, 5.74) is -0.585. The number of ether oxygens (including phenoxy) is 6. The first-order valence-electron chi connectivity index (χ1n) is 16.6. The number of unbranched alkanes of at least 4 members (excludes halogenated alkanes) is 1. The van der Waals surface area contributed by atoms with Crippen LogP contribution in [0.4, 0.5) is 0 Å². The van der Waals surface area contributed by atoms with Gasteiger partial charge in [0.05, 0.1) is 29.8 Å². The molecule has 4 saturated carbocycles. The molecule has 0 aromatic rings. The topological polar surface area (TPSA) is 140 Å². The van der Waals surface area contributed by atoms with Crippen molar-refractivity contribution in [1.29, 1.82) is 0 Å². The molecular weight excluding hydrogens is 544 g/mol. The first kappa shape index (κ1) is 29.0. The molecule has 8 fully saturated rings. The Morgan fingerprint density at radius 1 is 0.690 bits per heavy atom. The molecule has 0 aromatic carbocycles. The zero-order chi connectivity index (χ0) is 29.0. The van der Waals surface area contributed by atoms with Crippen molar-refractivity contribution in [3.8, 4) is 0 Å². The van der Waals surface area contributed by atoms with Gasteiger partial charge in [0.15, 0.2) is 0 Å². The summed E-state index contributed by atoms with van der Waals surface area (Å²) in [4.78, 5) is 35.4. The molecule has 4 heterocycles. The van der Waals surface area contributed by atoms with E-state index in [0.29, 0.717) is 62.4 Å². The predicted octanol–water partition coefficient (Wildman–Crippen LogP) is 4.94. The Morgan fingerprint density at radius 3 is 1.76 bits per heavy atom. The molecule has 0 amide bonds. The van der Waals surface area contributed by atoms with Crippen LogP contribution in [0, 0.1) is 11.3 Å². The molecular formula is C32H46O10. The lowest BCUT2D eigenvalue weighted by atomic mass is 9.67. The maximum Gasteiger partial charge on any atom is 0.309 e. The summed E-state index contributed by atoms with van der Waals surface area (Å²) >= 11 is 0. The van der Waals surface area contributed by atoms with Gasteiger partial charge >= 0.3 is 17.9 Å². The van der Waals surface area contributed by atoms with E-state index in [1.807, 2.05) is 0 Å². The van der Waals surface area contributed by atoms with E-state index in [0.717, 1.165) is 57.8 Å². The molecule has 8 aliphatic rings. The van der Waals surface area contributed by atoms with Crippen molar-refractivity contribution in [2.45, 2.75) is 170 Å². The van der Waals surface area contributed by atoms with Crippen LogP contribution in [0.5, 0.6) is 0 Å². The highest BCUT2D eigenvalue weighted by Gasteiger charge is 2.93. The van der Waals surface area contributed by atoms with Gasteiger partial charge in [0.1, 0.15) is 12.2 Å². The maximum atomic E-state index is 11.8. The van der Waals surface area contributed by atoms with Crippen LogP contribution in [0.3, 0.4) is 0 Å². The molecule has 4 saturated heterocycles. The van der Waals surface area contributed by atoms with Crippen LogP contribution in [0.2, 0.25) is 0 Å². The number of epoxide rings is 4. The molecule has 4 aliphatic heterocycles. The number of rotatable bonds is 10. The second-order valence-corrected chi connectivity index (χ2v) is 14.2. The van der Waals surface area contributed by atoms with Crippen molar-refractivity contribution in [1.82, 2.24) is 0 Å². The van der Waals surface area contributed by atoms with E-state index in [9.17, 15) is 19.5 Å². The molecule has 1 N–H and O–H groups in total. The van der Waals surface area contributed by atoms with Crippen molar-refractivity contribution in [3.63, 3.8) is 0 Å². The van der Waals surface area contributed by atoms with Gasteiger partial charge in [-0.25, -0.2) is 0 Å². The van der Waals surface area contributed by atoms with Crippen LogP contribution in [0.25, 0.3) is 0 Å². The minimum atomic E-state index is -0.637. The van der Waals surface area contributed by atoms with Crippen LogP contribution >= 0.6 is 0 Å². The normalized spacial score (nSPS) is 44.0. The second kappa shape index (κ2) is 11.3. The second-order valence-electron chi connectivity index (χ2n) is 14.2. The molecule has 4 aliphatic carbocycles. The van der Waals surface area contributed by atoms with E-state index < -0.39 is 17.2 Å². The summed E-state index contributed by atoms with van der Waals surface area (Å²) in [6.45, 7) is 0. The Kier molecular flexibility index (Phi) is 7.81. The highest BCUT2D eigenvalue weighted by atomic mass is 17.0. The molecule has 10 heteroatoms. The number of carboxylic acid groups (broad SMARTS) is 1. The summed E-state index contributed by atoms with van der Waals surface area (Å²) in [5, 5.41) is 9.68. The first-order chi connectivity index (χ1) is 20.3. The van der Waals surface area contributed by atoms with Gasteiger partial charge in [-0.1, -0.05) is 32.1 Å². The first-order valence-corrected chi connectivity index (χ1v) is 16.6. The van der Waals surface area contributed by atoms with Crippen LogP contribution in [-0.2, 0) is 42.8 Å². The molecule has 7 unspecified atom stereocenters. The molecule has 0 aromatic heterocycles. The summed E-state index contributed by atoms with van der Waals surface area (Å²) in [6.07, 6.45) is 18.3. The summed E-state index contributed by atoms with van der Waals surface area (Å²) < 4.78 is 32.9. The smallest absolute Gasteiger partial charge is 0.309 e. The third kappa shape index (κ3) is 6.24. The maximum absolute atomic E-state index is 11.8. The minimum absolute atomic E-state index is 0.0194. The van der Waals surface area contributed by atoms with Crippen molar-refractivity contribution in [3.05, 3.63) is 0 Å². The largest absolute Gasteiger partial charge is 0.481 e. The molecule has 42 heavy (non-hydrogen) atoms. The van der Waals surface area contributed by atoms with Crippen molar-refractivity contribution in [2.75, 3.05) is 0 Å². The van der Waals surface area contributed by atoms with Crippen LogP contribution in [-0.4, -0.2) is 71.2 Å². The van der Waals surface area contributed by atoms with Crippen LogP contribution in [0.15, 0.2) is 0 Å². The number of aliphatic carboxylic acids is 1. The molecule has 234 valence electrons. The lowest BCUT2D eigenvalue weighted by Crippen LogP contribution is -2.38. The van der Waals surface area contributed by atoms with Crippen LogP contribution in [0.1, 0.15) is 122 Å². The molecule has 0 spiro atoms. The highest BCUT2D eigenvalue weighted by Crippen LogP contribution is 2.77. The average Bonchev–Trinajstić information content (AvgIpc) is 3.82. The Labute approximate surface area is 247 Å². The van der Waals surface area contributed by atoms with Gasteiger partial charge in [0.25, 0.3) is 0 Å². The van der Waals surface area contributed by atoms with Gasteiger partial charge in [-0.05, 0) is 57.3 Å². The zero-order valence-corrected chi connectivity index (χ0v) is 24.6. The summed E-state index contributed by atoms with van der Waals surface area (Å²) in [6, 6.07) is 0. The lowest BCUT2D eigenvalue weighted by molar-refractivity contribution is -0.154. The van der Waals surface area contributed by atoms with Gasteiger partial charge in [-0.2, -0.15) is 0 Å². The van der Waals surface area contributed by atoms with E-state index in [1.165, 1.54) is 32.1 Å². The number of carbonyl (C=O) groups is 3. The number of carboxylic acids is 1. The molecule has 0 radical (unpaired) electrons. The van der Waals surface area contributed by atoms with Crippen molar-refractivity contribution in [2.24, 2.45) is 11.3 Å². The number of hydrogen-bond acceptors (Lipinski definition) is 9. The Morgan fingerprint density at radius 2 is 1.26 bits per heavy atom. The quantitative estimate of drug-likeness (QED) is 0.211. The third-order valence-electron chi connectivity index (χ3n) is 11.0. The van der Waals surface area contributed by atoms with Crippen molar-refractivity contribution >= 4 is 17.9 Å². The monoisotopic (exact) mass is 590 g/mol. The Hall–Kier alpha value is -1.75. The fourth-order valence-corrected chi connectivity index (χ4v) is 8.29. The van der Waals surface area contributed by atoms with E-state index in [-0.39, 0.29) is 29.9 Å². The van der Waals surface area contributed by atoms with Crippen molar-refractivity contribution < 1.29 is 47.9 Å². The van der Waals surface area contributed by atoms with E-state index in [4.69, 9.17) is 28.4 Å². The average molecular weight is 591 g/mol. The molecule has 8 rings (SSSR count). The Bertz CT molecular complexity index is 1000.